The Morgan fingerprint density at radius 3 is 3.11 bits per heavy atom. The van der Waals surface area contributed by atoms with E-state index >= 15 is 0 Å². The molecule has 3 heterocycles. The number of hydrogen-bond donors (Lipinski definition) is 0. The molecule has 0 fully saturated rings. The standard InChI is InChI=1S/C13H13N3O2S/c1-8-13(17)16(6-10-7-19-9(2)15-10)12-11(18-8)4-3-5-14-12/h3-5,7-8H,6H2,1-2H3. The van der Waals surface area contributed by atoms with E-state index in [0.29, 0.717) is 18.1 Å². The quantitative estimate of drug-likeness (QED) is 0.842. The summed E-state index contributed by atoms with van der Waals surface area (Å²) in [4.78, 5) is 22.5. The third-order valence-electron chi connectivity index (χ3n) is 2.91. The number of fused-ring (bicyclic) bond motifs is 1. The van der Waals surface area contributed by atoms with Gasteiger partial charge < -0.3 is 4.74 Å². The number of rotatable bonds is 2. The third-order valence-corrected chi connectivity index (χ3v) is 3.73. The average molecular weight is 275 g/mol. The number of thiazole rings is 1. The Bertz CT molecular complexity index is 626. The number of carbonyl (C=O) groups is 1. The smallest absolute Gasteiger partial charge is 0.269 e. The number of anilines is 1. The maximum atomic E-state index is 12.2. The zero-order valence-corrected chi connectivity index (χ0v) is 11.5. The molecule has 6 heteroatoms. The summed E-state index contributed by atoms with van der Waals surface area (Å²) >= 11 is 1.58. The fourth-order valence-corrected chi connectivity index (χ4v) is 2.64. The molecule has 0 saturated heterocycles. The predicted molar refractivity (Wildman–Crippen MR) is 72.4 cm³/mol. The monoisotopic (exact) mass is 275 g/mol. The summed E-state index contributed by atoms with van der Waals surface area (Å²) in [6.07, 6.45) is 1.17. The van der Waals surface area contributed by atoms with Gasteiger partial charge in [-0.3, -0.25) is 9.69 Å². The minimum absolute atomic E-state index is 0.0862. The Balaban J connectivity index is 1.96. The van der Waals surface area contributed by atoms with Crippen molar-refractivity contribution in [1.82, 2.24) is 9.97 Å². The number of amides is 1. The van der Waals surface area contributed by atoms with Gasteiger partial charge in [-0.15, -0.1) is 11.3 Å². The minimum Gasteiger partial charge on any atom is -0.477 e. The lowest BCUT2D eigenvalue weighted by Gasteiger charge is -2.31. The Morgan fingerprint density at radius 2 is 2.37 bits per heavy atom. The first kappa shape index (κ1) is 12.1. The molecule has 0 saturated carbocycles. The maximum Gasteiger partial charge on any atom is 0.269 e. The number of hydrogen-bond acceptors (Lipinski definition) is 5. The van der Waals surface area contributed by atoms with Crippen LogP contribution in [0.4, 0.5) is 5.82 Å². The Morgan fingerprint density at radius 1 is 1.53 bits per heavy atom. The molecule has 1 unspecified atom stereocenters. The molecule has 0 aromatic carbocycles. The average Bonchev–Trinajstić information content (AvgIpc) is 2.80. The van der Waals surface area contributed by atoms with E-state index in [1.807, 2.05) is 18.4 Å². The molecule has 0 bridgehead atoms. The van der Waals surface area contributed by atoms with Gasteiger partial charge in [-0.25, -0.2) is 9.97 Å². The normalized spacial score (nSPS) is 18.1. The summed E-state index contributed by atoms with van der Waals surface area (Å²) in [5.74, 6) is 1.12. The van der Waals surface area contributed by atoms with Crippen molar-refractivity contribution in [3.8, 4) is 5.75 Å². The van der Waals surface area contributed by atoms with Crippen LogP contribution in [0.25, 0.3) is 0 Å². The van der Waals surface area contributed by atoms with Gasteiger partial charge in [0.25, 0.3) is 5.91 Å². The molecule has 3 rings (SSSR count). The molecule has 1 amide bonds. The van der Waals surface area contributed by atoms with Crippen LogP contribution in [0.3, 0.4) is 0 Å². The molecule has 1 atom stereocenters. The zero-order valence-electron chi connectivity index (χ0n) is 10.7. The first-order chi connectivity index (χ1) is 9.15. The highest BCUT2D eigenvalue weighted by Crippen LogP contribution is 2.32. The van der Waals surface area contributed by atoms with E-state index < -0.39 is 6.10 Å². The van der Waals surface area contributed by atoms with Gasteiger partial charge in [0, 0.05) is 11.6 Å². The van der Waals surface area contributed by atoms with Crippen LogP contribution in [0.2, 0.25) is 0 Å². The molecule has 19 heavy (non-hydrogen) atoms. The van der Waals surface area contributed by atoms with Crippen molar-refractivity contribution in [2.75, 3.05) is 4.90 Å². The van der Waals surface area contributed by atoms with E-state index in [-0.39, 0.29) is 5.91 Å². The molecule has 2 aromatic heterocycles. The van der Waals surface area contributed by atoms with E-state index in [1.165, 1.54) is 0 Å². The number of ether oxygens (including phenoxy) is 1. The molecule has 98 valence electrons. The summed E-state index contributed by atoms with van der Waals surface area (Å²) in [5, 5.41) is 2.95. The first-order valence-corrected chi connectivity index (χ1v) is 6.87. The van der Waals surface area contributed by atoms with E-state index in [2.05, 4.69) is 9.97 Å². The molecule has 1 aliphatic heterocycles. The molecular weight excluding hydrogens is 262 g/mol. The van der Waals surface area contributed by atoms with Gasteiger partial charge in [-0.2, -0.15) is 0 Å². The molecule has 0 spiro atoms. The van der Waals surface area contributed by atoms with Crippen LogP contribution in [-0.4, -0.2) is 22.0 Å². The fraction of sp³-hybridized carbons (Fsp3) is 0.308. The molecule has 0 radical (unpaired) electrons. The van der Waals surface area contributed by atoms with Gasteiger partial charge in [0.1, 0.15) is 0 Å². The molecule has 2 aromatic rings. The largest absolute Gasteiger partial charge is 0.477 e. The Hall–Kier alpha value is -1.95. The lowest BCUT2D eigenvalue weighted by Crippen LogP contribution is -2.44. The van der Waals surface area contributed by atoms with Crippen LogP contribution in [0.5, 0.6) is 5.75 Å². The Kier molecular flexibility index (Phi) is 2.94. The number of carbonyl (C=O) groups excluding carboxylic acids is 1. The topological polar surface area (TPSA) is 55.3 Å². The van der Waals surface area contributed by atoms with Crippen molar-refractivity contribution in [2.45, 2.75) is 26.5 Å². The SMILES string of the molecule is Cc1nc(CN2C(=O)C(C)Oc3cccnc32)cs1. The van der Waals surface area contributed by atoms with Crippen LogP contribution in [0, 0.1) is 6.92 Å². The van der Waals surface area contributed by atoms with Crippen molar-refractivity contribution in [3.63, 3.8) is 0 Å². The molecule has 5 nitrogen and oxygen atoms in total. The fourth-order valence-electron chi connectivity index (χ4n) is 2.04. The van der Waals surface area contributed by atoms with Crippen LogP contribution < -0.4 is 9.64 Å². The van der Waals surface area contributed by atoms with Gasteiger partial charge in [0.05, 0.1) is 17.2 Å². The number of nitrogens with zero attached hydrogens (tertiary/aromatic N) is 3. The minimum atomic E-state index is -0.489. The molecule has 0 aliphatic carbocycles. The molecular formula is C13H13N3O2S. The number of aromatic nitrogens is 2. The van der Waals surface area contributed by atoms with Crippen LogP contribution >= 0.6 is 11.3 Å². The van der Waals surface area contributed by atoms with Gasteiger partial charge in [0.2, 0.25) is 0 Å². The molecule has 1 aliphatic rings. The van der Waals surface area contributed by atoms with Crippen LogP contribution in [-0.2, 0) is 11.3 Å². The second-order valence-electron chi connectivity index (χ2n) is 4.37. The second-order valence-corrected chi connectivity index (χ2v) is 5.43. The van der Waals surface area contributed by atoms with Crippen molar-refractivity contribution < 1.29 is 9.53 Å². The predicted octanol–water partition coefficient (Wildman–Crippen LogP) is 2.16. The summed E-state index contributed by atoms with van der Waals surface area (Å²) in [7, 11) is 0. The van der Waals surface area contributed by atoms with E-state index in [9.17, 15) is 4.79 Å². The molecule has 0 N–H and O–H groups in total. The number of pyridine rings is 1. The van der Waals surface area contributed by atoms with Crippen molar-refractivity contribution in [2.24, 2.45) is 0 Å². The first-order valence-electron chi connectivity index (χ1n) is 5.99. The zero-order chi connectivity index (χ0) is 13.4. The summed E-state index contributed by atoms with van der Waals surface area (Å²) in [6.45, 7) is 4.13. The van der Waals surface area contributed by atoms with Gasteiger partial charge in [-0.1, -0.05) is 0 Å². The van der Waals surface area contributed by atoms with E-state index in [0.717, 1.165) is 10.7 Å². The van der Waals surface area contributed by atoms with Crippen molar-refractivity contribution >= 4 is 23.1 Å². The van der Waals surface area contributed by atoms with Gasteiger partial charge in [-0.05, 0) is 26.0 Å². The van der Waals surface area contributed by atoms with Crippen molar-refractivity contribution in [3.05, 3.63) is 34.4 Å². The lowest BCUT2D eigenvalue weighted by molar-refractivity contribution is -0.125. The second kappa shape index (κ2) is 4.62. The van der Waals surface area contributed by atoms with Gasteiger partial charge >= 0.3 is 0 Å². The van der Waals surface area contributed by atoms with Crippen LogP contribution in [0.1, 0.15) is 17.6 Å². The van der Waals surface area contributed by atoms with Gasteiger partial charge in [0.15, 0.2) is 17.7 Å². The lowest BCUT2D eigenvalue weighted by atomic mass is 10.2. The van der Waals surface area contributed by atoms with E-state index in [4.69, 9.17) is 4.74 Å². The third kappa shape index (κ3) is 2.19. The summed E-state index contributed by atoms with van der Waals surface area (Å²) in [6, 6.07) is 3.62. The van der Waals surface area contributed by atoms with E-state index in [1.54, 1.807) is 35.4 Å². The highest BCUT2D eigenvalue weighted by Gasteiger charge is 2.32. The number of aryl methyl sites for hydroxylation is 1. The van der Waals surface area contributed by atoms with Crippen LogP contribution in [0.15, 0.2) is 23.7 Å². The highest BCUT2D eigenvalue weighted by atomic mass is 32.1. The summed E-state index contributed by atoms with van der Waals surface area (Å²) < 4.78 is 5.55. The van der Waals surface area contributed by atoms with Crippen molar-refractivity contribution in [1.29, 1.82) is 0 Å². The summed E-state index contributed by atoms with van der Waals surface area (Å²) in [5.41, 5.74) is 0.876. The maximum absolute atomic E-state index is 12.2. The highest BCUT2D eigenvalue weighted by molar-refractivity contribution is 7.09. The Labute approximate surface area is 114 Å².